The van der Waals surface area contributed by atoms with Crippen LogP contribution in [0, 0.1) is 5.92 Å². The molecule has 2 rings (SSSR count). The molecule has 5 heteroatoms. The summed E-state index contributed by atoms with van der Waals surface area (Å²) in [6.07, 6.45) is 0.480. The third-order valence-corrected chi connectivity index (χ3v) is 3.01. The maximum atomic E-state index is 11.6. The topological polar surface area (TPSA) is 72.5 Å². The Morgan fingerprint density at radius 2 is 2.11 bits per heavy atom. The zero-order valence-corrected chi connectivity index (χ0v) is 10.9. The molecule has 1 aromatic carbocycles. The van der Waals surface area contributed by atoms with Gasteiger partial charge in [0.2, 0.25) is 0 Å². The van der Waals surface area contributed by atoms with E-state index in [1.54, 1.807) is 32.0 Å². The summed E-state index contributed by atoms with van der Waals surface area (Å²) in [4.78, 5) is 34.3. The Labute approximate surface area is 110 Å². The van der Waals surface area contributed by atoms with Gasteiger partial charge < -0.3 is 10.1 Å². The van der Waals surface area contributed by atoms with Crippen LogP contribution in [-0.4, -0.2) is 24.3 Å². The van der Waals surface area contributed by atoms with Gasteiger partial charge in [-0.15, -0.1) is 0 Å². The summed E-state index contributed by atoms with van der Waals surface area (Å²) in [5.41, 5.74) is 1.74. The van der Waals surface area contributed by atoms with Gasteiger partial charge >= 0.3 is 5.97 Å². The fourth-order valence-electron chi connectivity index (χ4n) is 2.04. The predicted octanol–water partition coefficient (Wildman–Crippen LogP) is 1.56. The lowest BCUT2D eigenvalue weighted by atomic mass is 9.98. The largest absolute Gasteiger partial charge is 0.466 e. The Kier molecular flexibility index (Phi) is 3.64. The monoisotopic (exact) mass is 261 g/mol. The van der Waals surface area contributed by atoms with E-state index < -0.39 is 11.7 Å². The van der Waals surface area contributed by atoms with E-state index in [9.17, 15) is 14.4 Å². The molecular formula is C14H15NO4. The van der Waals surface area contributed by atoms with Crippen LogP contribution in [0.5, 0.6) is 0 Å². The highest BCUT2D eigenvalue weighted by Gasteiger charge is 2.28. The second-order valence-corrected chi connectivity index (χ2v) is 4.52. The number of benzene rings is 1. The van der Waals surface area contributed by atoms with Crippen molar-refractivity contribution in [1.82, 2.24) is 0 Å². The van der Waals surface area contributed by atoms with Crippen molar-refractivity contribution < 1.29 is 19.1 Å². The summed E-state index contributed by atoms with van der Waals surface area (Å²) in [5, 5.41) is 2.49. The third kappa shape index (κ3) is 2.65. The lowest BCUT2D eigenvalue weighted by Gasteiger charge is -2.10. The van der Waals surface area contributed by atoms with Crippen molar-refractivity contribution in [3.8, 4) is 0 Å². The van der Waals surface area contributed by atoms with Crippen LogP contribution in [0.25, 0.3) is 0 Å². The van der Waals surface area contributed by atoms with Gasteiger partial charge in [-0.3, -0.25) is 14.4 Å². The van der Waals surface area contributed by atoms with Gasteiger partial charge in [-0.05, 0) is 31.0 Å². The number of hydrogen-bond acceptors (Lipinski definition) is 4. The van der Waals surface area contributed by atoms with E-state index >= 15 is 0 Å². The summed E-state index contributed by atoms with van der Waals surface area (Å²) < 4.78 is 4.93. The van der Waals surface area contributed by atoms with Gasteiger partial charge in [0.1, 0.15) is 0 Å². The molecule has 0 fully saturated rings. The number of hydrogen-bond donors (Lipinski definition) is 1. The molecule has 0 bridgehead atoms. The van der Waals surface area contributed by atoms with Gasteiger partial charge in [0, 0.05) is 0 Å². The lowest BCUT2D eigenvalue weighted by molar-refractivity contribution is -0.147. The smallest absolute Gasteiger partial charge is 0.308 e. The first-order valence-electron chi connectivity index (χ1n) is 6.18. The second kappa shape index (κ2) is 5.22. The number of carbonyl (C=O) groups excluding carboxylic acids is 3. The van der Waals surface area contributed by atoms with Gasteiger partial charge in [0.25, 0.3) is 11.7 Å². The van der Waals surface area contributed by atoms with Crippen LogP contribution in [0.15, 0.2) is 18.2 Å². The van der Waals surface area contributed by atoms with Crippen molar-refractivity contribution in [2.75, 3.05) is 11.9 Å². The molecule has 1 amide bonds. The van der Waals surface area contributed by atoms with Gasteiger partial charge in [0.05, 0.1) is 23.8 Å². The van der Waals surface area contributed by atoms with E-state index in [0.717, 1.165) is 5.56 Å². The maximum Gasteiger partial charge on any atom is 0.308 e. The first kappa shape index (κ1) is 13.3. The van der Waals surface area contributed by atoms with E-state index in [4.69, 9.17) is 4.74 Å². The van der Waals surface area contributed by atoms with Crippen LogP contribution in [0.4, 0.5) is 5.69 Å². The Hall–Kier alpha value is -2.17. The first-order chi connectivity index (χ1) is 9.02. The number of Topliss-reactive ketones (excluding diaryl/α,β-unsaturated/α-hetero) is 1. The normalized spacial score (nSPS) is 14.8. The van der Waals surface area contributed by atoms with Crippen LogP contribution in [-0.2, 0) is 20.7 Å². The van der Waals surface area contributed by atoms with Gasteiger partial charge in [-0.25, -0.2) is 0 Å². The molecule has 1 aliphatic heterocycles. The molecule has 1 heterocycles. The highest BCUT2D eigenvalue weighted by atomic mass is 16.5. The van der Waals surface area contributed by atoms with Crippen molar-refractivity contribution in [2.24, 2.45) is 5.92 Å². The second-order valence-electron chi connectivity index (χ2n) is 4.52. The van der Waals surface area contributed by atoms with Crippen molar-refractivity contribution in [2.45, 2.75) is 20.3 Å². The van der Waals surface area contributed by atoms with Gasteiger partial charge in [-0.2, -0.15) is 0 Å². The minimum absolute atomic E-state index is 0.261. The summed E-state index contributed by atoms with van der Waals surface area (Å²) in [6.45, 7) is 3.89. The minimum atomic E-state index is -0.606. The molecule has 19 heavy (non-hydrogen) atoms. The fraction of sp³-hybridized carbons (Fsp3) is 0.357. The number of amides is 1. The number of esters is 1. The molecular weight excluding hydrogens is 246 g/mol. The van der Waals surface area contributed by atoms with Crippen LogP contribution < -0.4 is 5.32 Å². The summed E-state index contributed by atoms with van der Waals surface area (Å²) in [5.74, 6) is -1.67. The number of rotatable bonds is 4. The quantitative estimate of drug-likeness (QED) is 0.659. The molecule has 1 N–H and O–H groups in total. The van der Waals surface area contributed by atoms with Crippen molar-refractivity contribution in [3.63, 3.8) is 0 Å². The average Bonchev–Trinajstić information content (AvgIpc) is 2.66. The predicted molar refractivity (Wildman–Crippen MR) is 68.9 cm³/mol. The van der Waals surface area contributed by atoms with Crippen LogP contribution in [0.2, 0.25) is 0 Å². The standard InChI is InChI=1S/C14H15NO4/c1-3-19-14(18)8(2)6-9-4-5-11-10(7-9)12(16)13(17)15-11/h4-5,7-8H,3,6H2,1-2H3,(H,15,16,17). The van der Waals surface area contributed by atoms with E-state index in [1.165, 1.54) is 0 Å². The molecule has 0 radical (unpaired) electrons. The molecule has 1 aromatic rings. The zero-order valence-electron chi connectivity index (χ0n) is 10.9. The van der Waals surface area contributed by atoms with Crippen molar-refractivity contribution in [1.29, 1.82) is 0 Å². The molecule has 0 aliphatic carbocycles. The van der Waals surface area contributed by atoms with E-state index in [-0.39, 0.29) is 11.9 Å². The molecule has 1 aliphatic rings. The van der Waals surface area contributed by atoms with Crippen molar-refractivity contribution >= 4 is 23.3 Å². The summed E-state index contributed by atoms with van der Waals surface area (Å²) in [7, 11) is 0. The first-order valence-corrected chi connectivity index (χ1v) is 6.18. The summed E-state index contributed by atoms with van der Waals surface area (Å²) in [6, 6.07) is 5.14. The molecule has 100 valence electrons. The summed E-state index contributed by atoms with van der Waals surface area (Å²) >= 11 is 0. The van der Waals surface area contributed by atoms with Crippen molar-refractivity contribution in [3.05, 3.63) is 29.3 Å². The molecule has 1 unspecified atom stereocenters. The Morgan fingerprint density at radius 1 is 1.37 bits per heavy atom. The SMILES string of the molecule is CCOC(=O)C(C)Cc1ccc2c(c1)C(=O)C(=O)N2. The maximum absolute atomic E-state index is 11.6. The Balaban J connectivity index is 2.14. The highest BCUT2D eigenvalue weighted by molar-refractivity contribution is 6.51. The van der Waals surface area contributed by atoms with Crippen LogP contribution >= 0.6 is 0 Å². The van der Waals surface area contributed by atoms with E-state index in [2.05, 4.69) is 5.32 Å². The zero-order chi connectivity index (χ0) is 14.0. The fourth-order valence-corrected chi connectivity index (χ4v) is 2.04. The average molecular weight is 261 g/mol. The Morgan fingerprint density at radius 3 is 2.79 bits per heavy atom. The van der Waals surface area contributed by atoms with E-state index in [0.29, 0.717) is 24.3 Å². The number of anilines is 1. The minimum Gasteiger partial charge on any atom is -0.466 e. The third-order valence-electron chi connectivity index (χ3n) is 3.01. The lowest BCUT2D eigenvalue weighted by Crippen LogP contribution is -2.17. The molecule has 1 atom stereocenters. The molecule has 5 nitrogen and oxygen atoms in total. The van der Waals surface area contributed by atoms with Gasteiger partial charge in [0.15, 0.2) is 0 Å². The highest BCUT2D eigenvalue weighted by Crippen LogP contribution is 2.25. The number of ether oxygens (including phenoxy) is 1. The Bertz CT molecular complexity index is 550. The number of carbonyl (C=O) groups is 3. The molecule has 0 saturated heterocycles. The molecule has 0 aromatic heterocycles. The van der Waals surface area contributed by atoms with Gasteiger partial charge in [-0.1, -0.05) is 13.0 Å². The number of nitrogens with one attached hydrogen (secondary N) is 1. The van der Waals surface area contributed by atoms with Crippen LogP contribution in [0.1, 0.15) is 29.8 Å². The van der Waals surface area contributed by atoms with Crippen LogP contribution in [0.3, 0.4) is 0 Å². The number of ketones is 1. The molecule has 0 saturated carbocycles. The number of fused-ring (bicyclic) bond motifs is 1. The van der Waals surface area contributed by atoms with E-state index in [1.807, 2.05) is 0 Å². The molecule has 0 spiro atoms.